The summed E-state index contributed by atoms with van der Waals surface area (Å²) in [6.45, 7) is 4.11. The fourth-order valence-electron chi connectivity index (χ4n) is 8.42. The van der Waals surface area contributed by atoms with Gasteiger partial charge in [0.1, 0.15) is 0 Å². The molecule has 4 fully saturated rings. The Morgan fingerprint density at radius 2 is 1.02 bits per heavy atom. The number of rotatable bonds is 8. The summed E-state index contributed by atoms with van der Waals surface area (Å²) >= 11 is 0. The van der Waals surface area contributed by atoms with Crippen LogP contribution in [0.1, 0.15) is 152 Å². The lowest BCUT2D eigenvalue weighted by Gasteiger charge is -2.38. The zero-order valence-electron chi connectivity index (χ0n) is 26.4. The molecule has 0 N–H and O–H groups in total. The quantitative estimate of drug-likeness (QED) is 0.212. The summed E-state index contributed by atoms with van der Waals surface area (Å²) in [4.78, 5) is 0. The maximum Gasteiger partial charge on any atom is 0.200 e. The monoisotopic (exact) mass is 616 g/mol. The van der Waals surface area contributed by atoms with Crippen LogP contribution in [-0.4, -0.2) is 6.61 Å². The van der Waals surface area contributed by atoms with Crippen LogP contribution in [0.5, 0.6) is 5.75 Å². The Bertz CT molecular complexity index is 1170. The van der Waals surface area contributed by atoms with Crippen molar-refractivity contribution in [2.75, 3.05) is 6.61 Å². The van der Waals surface area contributed by atoms with Crippen LogP contribution in [0.4, 0.5) is 17.6 Å². The molecule has 0 bridgehead atoms. The van der Waals surface area contributed by atoms with Crippen molar-refractivity contribution in [3.8, 4) is 5.75 Å². The number of hydrogen-bond acceptors (Lipinski definition) is 1. The minimum atomic E-state index is -0.804. The van der Waals surface area contributed by atoms with Crippen LogP contribution < -0.4 is 4.74 Å². The van der Waals surface area contributed by atoms with Crippen LogP contribution in [-0.2, 0) is 0 Å². The predicted molar refractivity (Wildman–Crippen MR) is 173 cm³/mol. The average Bonchev–Trinajstić information content (AvgIpc) is 3.54. The Morgan fingerprint density at radius 1 is 0.568 bits per heavy atom. The summed E-state index contributed by atoms with van der Waals surface area (Å²) in [7, 11) is 0. The number of hydrogen-bond donors (Lipinski definition) is 0. The molecule has 0 saturated heterocycles. The summed E-state index contributed by atoms with van der Waals surface area (Å²) in [5.74, 6) is 1.19. The van der Waals surface area contributed by atoms with Gasteiger partial charge in [-0.2, -0.15) is 4.39 Å². The van der Waals surface area contributed by atoms with Crippen molar-refractivity contribution in [3.05, 3.63) is 64.2 Å². The molecule has 246 valence electrons. The van der Waals surface area contributed by atoms with E-state index >= 15 is 0 Å². The largest absolute Gasteiger partial charge is 0.490 e. The second kappa shape index (κ2) is 16.5. The fourth-order valence-corrected chi connectivity index (χ4v) is 8.42. The summed E-state index contributed by atoms with van der Waals surface area (Å²) in [5.41, 5.74) is 1.57. The molecule has 5 heteroatoms. The van der Waals surface area contributed by atoms with E-state index in [9.17, 15) is 17.6 Å². The topological polar surface area (TPSA) is 9.23 Å². The van der Waals surface area contributed by atoms with E-state index in [1.165, 1.54) is 70.6 Å². The van der Waals surface area contributed by atoms with Gasteiger partial charge in [0, 0.05) is 0 Å². The SMILES string of the molecule is C.CCCCOc1ccc(C2CCC(C3CCCC3)CC2)c(F)c1F.Cc1ccc(C2CCC(C3CCC3)CC2)c(F)c1F. The van der Waals surface area contributed by atoms with Crippen molar-refractivity contribution in [2.24, 2.45) is 23.7 Å². The molecule has 4 aliphatic rings. The molecule has 0 aromatic heterocycles. The highest BCUT2D eigenvalue weighted by molar-refractivity contribution is 5.33. The van der Waals surface area contributed by atoms with E-state index in [4.69, 9.17) is 4.74 Å². The lowest BCUT2D eigenvalue weighted by molar-refractivity contribution is 0.153. The van der Waals surface area contributed by atoms with Gasteiger partial charge in [-0.3, -0.25) is 0 Å². The van der Waals surface area contributed by atoms with Gasteiger partial charge in [-0.05, 0) is 123 Å². The van der Waals surface area contributed by atoms with Crippen molar-refractivity contribution in [2.45, 2.75) is 142 Å². The summed E-state index contributed by atoms with van der Waals surface area (Å²) in [6.07, 6.45) is 20.3. The van der Waals surface area contributed by atoms with Crippen LogP contribution in [0.15, 0.2) is 24.3 Å². The first-order chi connectivity index (χ1) is 20.9. The molecule has 2 aromatic rings. The summed E-state index contributed by atoms with van der Waals surface area (Å²) in [5, 5.41) is 0. The fraction of sp³-hybridized carbons (Fsp3) is 0.692. The van der Waals surface area contributed by atoms with Crippen molar-refractivity contribution in [1.29, 1.82) is 0 Å². The third kappa shape index (κ3) is 8.21. The van der Waals surface area contributed by atoms with E-state index in [1.54, 1.807) is 31.2 Å². The first kappa shape index (κ1) is 34.8. The molecule has 44 heavy (non-hydrogen) atoms. The zero-order chi connectivity index (χ0) is 30.3. The van der Waals surface area contributed by atoms with E-state index in [2.05, 4.69) is 0 Å². The minimum absolute atomic E-state index is 0. The van der Waals surface area contributed by atoms with Crippen molar-refractivity contribution in [3.63, 3.8) is 0 Å². The third-order valence-electron chi connectivity index (χ3n) is 11.4. The maximum absolute atomic E-state index is 14.5. The van der Waals surface area contributed by atoms with Gasteiger partial charge in [0.2, 0.25) is 5.82 Å². The highest BCUT2D eigenvalue weighted by Gasteiger charge is 2.33. The molecule has 4 saturated carbocycles. The van der Waals surface area contributed by atoms with Gasteiger partial charge in [0.15, 0.2) is 23.2 Å². The maximum atomic E-state index is 14.5. The third-order valence-corrected chi connectivity index (χ3v) is 11.4. The molecule has 0 heterocycles. The molecular formula is C39H56F4O. The van der Waals surface area contributed by atoms with Gasteiger partial charge in [-0.15, -0.1) is 0 Å². The van der Waals surface area contributed by atoms with E-state index in [0.29, 0.717) is 23.3 Å². The van der Waals surface area contributed by atoms with Gasteiger partial charge in [0.05, 0.1) is 6.61 Å². The van der Waals surface area contributed by atoms with Crippen LogP contribution >= 0.6 is 0 Å². The Hall–Kier alpha value is -2.04. The first-order valence-electron chi connectivity index (χ1n) is 17.4. The van der Waals surface area contributed by atoms with Crippen LogP contribution in [0.25, 0.3) is 0 Å². The average molecular weight is 617 g/mol. The van der Waals surface area contributed by atoms with Crippen molar-refractivity contribution in [1.82, 2.24) is 0 Å². The Kier molecular flexibility index (Phi) is 13.1. The Morgan fingerprint density at radius 3 is 1.50 bits per heavy atom. The highest BCUT2D eigenvalue weighted by Crippen LogP contribution is 2.46. The lowest BCUT2D eigenvalue weighted by atomic mass is 9.67. The van der Waals surface area contributed by atoms with Crippen LogP contribution in [0.2, 0.25) is 0 Å². The van der Waals surface area contributed by atoms with Gasteiger partial charge < -0.3 is 4.74 Å². The molecule has 1 nitrogen and oxygen atoms in total. The van der Waals surface area contributed by atoms with Crippen LogP contribution in [0.3, 0.4) is 0 Å². The molecule has 0 unspecified atom stereocenters. The normalized spacial score (nSPS) is 25.9. The van der Waals surface area contributed by atoms with Gasteiger partial charge in [0.25, 0.3) is 0 Å². The number of halogens is 4. The predicted octanol–water partition coefficient (Wildman–Crippen LogP) is 12.6. The smallest absolute Gasteiger partial charge is 0.200 e. The van der Waals surface area contributed by atoms with Crippen LogP contribution in [0, 0.1) is 53.9 Å². The summed E-state index contributed by atoms with van der Waals surface area (Å²) in [6, 6.07) is 6.88. The Balaban J connectivity index is 0.000000201. The lowest BCUT2D eigenvalue weighted by Crippen LogP contribution is -2.26. The standard InChI is InChI=1S/C21H30F2O.C17H22F2.CH4/c1-2-3-14-24-19-13-12-18(20(22)21(19)23)17-10-8-16(9-11-17)15-6-4-5-7-15;1-11-5-10-15(17(19)16(11)18)14-8-6-13(7-9-14)12-3-2-4-12;/h12-13,15-17H,2-11,14H2,1H3;5,10,12-14H,2-4,6-9H2,1H3;1H4. The van der Waals surface area contributed by atoms with E-state index in [0.717, 1.165) is 62.2 Å². The molecule has 6 rings (SSSR count). The van der Waals surface area contributed by atoms with E-state index < -0.39 is 23.3 Å². The molecule has 0 radical (unpaired) electrons. The van der Waals surface area contributed by atoms with Crippen molar-refractivity contribution >= 4 is 0 Å². The van der Waals surface area contributed by atoms with E-state index in [1.807, 2.05) is 6.92 Å². The number of ether oxygens (including phenoxy) is 1. The molecule has 0 atom stereocenters. The molecule has 0 spiro atoms. The molecule has 2 aromatic carbocycles. The highest BCUT2D eigenvalue weighted by atomic mass is 19.2. The number of benzene rings is 2. The molecule has 4 aliphatic carbocycles. The minimum Gasteiger partial charge on any atom is -0.490 e. The van der Waals surface area contributed by atoms with E-state index in [-0.39, 0.29) is 25.0 Å². The second-order valence-corrected chi connectivity index (χ2v) is 14.0. The molecular weight excluding hydrogens is 560 g/mol. The van der Waals surface area contributed by atoms with Gasteiger partial charge >= 0.3 is 0 Å². The summed E-state index contributed by atoms with van der Waals surface area (Å²) < 4.78 is 61.8. The van der Waals surface area contributed by atoms with Gasteiger partial charge in [-0.1, -0.05) is 83.9 Å². The Labute approximate surface area is 264 Å². The number of aryl methyl sites for hydroxylation is 1. The first-order valence-corrected chi connectivity index (χ1v) is 17.4. The second-order valence-electron chi connectivity index (χ2n) is 14.0. The molecule has 0 amide bonds. The molecule has 0 aliphatic heterocycles. The van der Waals surface area contributed by atoms with Crippen molar-refractivity contribution < 1.29 is 22.3 Å². The zero-order valence-corrected chi connectivity index (χ0v) is 26.4. The van der Waals surface area contributed by atoms with Gasteiger partial charge in [-0.25, -0.2) is 13.2 Å². The number of unbranched alkanes of at least 4 members (excludes halogenated alkanes) is 1.